The fourth-order valence-electron chi connectivity index (χ4n) is 2.14. The maximum atomic E-state index is 11.6. The van der Waals surface area contributed by atoms with Gasteiger partial charge in [-0.1, -0.05) is 24.6 Å². The van der Waals surface area contributed by atoms with Gasteiger partial charge >= 0.3 is 5.97 Å². The van der Waals surface area contributed by atoms with Crippen LogP contribution >= 0.6 is 12.4 Å². The monoisotopic (exact) mass is 255 g/mol. The number of halogens is 1. The van der Waals surface area contributed by atoms with Gasteiger partial charge in [0.1, 0.15) is 0 Å². The predicted molar refractivity (Wildman–Crippen MR) is 69.3 cm³/mol. The molecular formula is C13H18ClNO2. The highest BCUT2D eigenvalue weighted by Gasteiger charge is 2.28. The van der Waals surface area contributed by atoms with Crippen molar-refractivity contribution in [3.8, 4) is 0 Å². The average molecular weight is 256 g/mol. The fourth-order valence-corrected chi connectivity index (χ4v) is 2.14. The van der Waals surface area contributed by atoms with E-state index in [9.17, 15) is 4.79 Å². The Labute approximate surface area is 108 Å². The van der Waals surface area contributed by atoms with Gasteiger partial charge in [-0.3, -0.25) is 0 Å². The Bertz CT molecular complexity index is 391. The summed E-state index contributed by atoms with van der Waals surface area (Å²) in [7, 11) is 1.40. The van der Waals surface area contributed by atoms with Crippen LogP contribution in [0.4, 0.5) is 0 Å². The lowest BCUT2D eigenvalue weighted by Gasteiger charge is -2.32. The third-order valence-corrected chi connectivity index (χ3v) is 3.38. The Morgan fingerprint density at radius 1 is 1.41 bits per heavy atom. The minimum atomic E-state index is -0.301. The number of ether oxygens (including phenoxy) is 1. The van der Waals surface area contributed by atoms with Gasteiger partial charge < -0.3 is 10.5 Å². The Morgan fingerprint density at radius 2 is 2.06 bits per heavy atom. The number of hydrogen-bond acceptors (Lipinski definition) is 3. The molecule has 1 aromatic carbocycles. The number of carbonyl (C=O) groups is 1. The molecule has 0 heterocycles. The van der Waals surface area contributed by atoms with Crippen LogP contribution in [-0.2, 0) is 4.74 Å². The van der Waals surface area contributed by atoms with Crippen molar-refractivity contribution in [2.45, 2.75) is 25.3 Å². The zero-order valence-electron chi connectivity index (χ0n) is 9.89. The van der Waals surface area contributed by atoms with Crippen LogP contribution in [0.2, 0.25) is 0 Å². The topological polar surface area (TPSA) is 52.3 Å². The first-order chi connectivity index (χ1) is 7.74. The summed E-state index contributed by atoms with van der Waals surface area (Å²) in [5, 5.41) is 0. The van der Waals surface area contributed by atoms with Crippen molar-refractivity contribution in [3.05, 3.63) is 35.4 Å². The molecule has 0 saturated heterocycles. The second-order valence-corrected chi connectivity index (χ2v) is 4.30. The van der Waals surface area contributed by atoms with E-state index in [0.717, 1.165) is 18.4 Å². The molecule has 0 radical (unpaired) electrons. The van der Waals surface area contributed by atoms with Crippen LogP contribution in [0.5, 0.6) is 0 Å². The smallest absolute Gasteiger partial charge is 0.338 e. The molecule has 2 rings (SSSR count). The van der Waals surface area contributed by atoms with E-state index >= 15 is 0 Å². The van der Waals surface area contributed by atoms with Crippen LogP contribution in [0.1, 0.15) is 41.2 Å². The molecule has 1 aromatic rings. The molecule has 1 aliphatic carbocycles. The summed E-state index contributed by atoms with van der Waals surface area (Å²) in [6.45, 7) is 0. The van der Waals surface area contributed by atoms with Crippen molar-refractivity contribution in [2.24, 2.45) is 11.7 Å². The van der Waals surface area contributed by atoms with E-state index in [-0.39, 0.29) is 24.4 Å². The fraction of sp³-hybridized carbons (Fsp3) is 0.462. The first kappa shape index (κ1) is 14.0. The van der Waals surface area contributed by atoms with Gasteiger partial charge in [0.15, 0.2) is 0 Å². The van der Waals surface area contributed by atoms with Crippen LogP contribution in [0, 0.1) is 5.92 Å². The Hall–Kier alpha value is -1.06. The summed E-state index contributed by atoms with van der Waals surface area (Å²) in [5.41, 5.74) is 7.70. The molecule has 17 heavy (non-hydrogen) atoms. The van der Waals surface area contributed by atoms with Crippen molar-refractivity contribution in [1.29, 1.82) is 0 Å². The molecule has 0 amide bonds. The lowest BCUT2D eigenvalue weighted by molar-refractivity contribution is 0.0598. The van der Waals surface area contributed by atoms with E-state index in [1.54, 1.807) is 6.07 Å². The van der Waals surface area contributed by atoms with Gasteiger partial charge in [-0.25, -0.2) is 4.79 Å². The maximum absolute atomic E-state index is 11.6. The Morgan fingerprint density at radius 3 is 2.59 bits per heavy atom. The molecule has 0 aliphatic heterocycles. The average Bonchev–Trinajstić information content (AvgIpc) is 2.25. The molecular weight excluding hydrogens is 238 g/mol. The molecule has 0 bridgehead atoms. The second-order valence-electron chi connectivity index (χ2n) is 4.30. The number of hydrogen-bond donors (Lipinski definition) is 1. The highest BCUT2D eigenvalue weighted by atomic mass is 35.5. The van der Waals surface area contributed by atoms with Crippen molar-refractivity contribution in [1.82, 2.24) is 0 Å². The molecule has 0 aromatic heterocycles. The number of methoxy groups -OCH3 is 1. The largest absolute Gasteiger partial charge is 0.465 e. The van der Waals surface area contributed by atoms with E-state index < -0.39 is 0 Å². The van der Waals surface area contributed by atoms with Crippen LogP contribution in [0.15, 0.2) is 24.3 Å². The van der Waals surface area contributed by atoms with Gasteiger partial charge in [-0.2, -0.15) is 0 Å². The van der Waals surface area contributed by atoms with E-state index in [4.69, 9.17) is 10.5 Å². The molecule has 0 spiro atoms. The van der Waals surface area contributed by atoms with Crippen LogP contribution in [-0.4, -0.2) is 13.1 Å². The number of benzene rings is 1. The molecule has 94 valence electrons. The molecule has 1 saturated carbocycles. The predicted octanol–water partition coefficient (Wildman–Crippen LogP) is 2.69. The van der Waals surface area contributed by atoms with Crippen LogP contribution in [0.25, 0.3) is 0 Å². The summed E-state index contributed by atoms with van der Waals surface area (Å²) in [6.07, 6.45) is 3.58. The summed E-state index contributed by atoms with van der Waals surface area (Å²) in [6, 6.07) is 7.42. The van der Waals surface area contributed by atoms with Gasteiger partial charge in [0.05, 0.1) is 12.7 Å². The van der Waals surface area contributed by atoms with Crippen molar-refractivity contribution < 1.29 is 9.53 Å². The second kappa shape index (κ2) is 6.03. The molecule has 1 aliphatic rings. The first-order valence-electron chi connectivity index (χ1n) is 5.67. The quantitative estimate of drug-likeness (QED) is 0.845. The molecule has 3 nitrogen and oxygen atoms in total. The van der Waals surface area contributed by atoms with Crippen molar-refractivity contribution >= 4 is 18.4 Å². The van der Waals surface area contributed by atoms with E-state index in [2.05, 4.69) is 0 Å². The first-order valence-corrected chi connectivity index (χ1v) is 5.67. The number of carbonyl (C=O) groups excluding carboxylic acids is 1. The zero-order valence-corrected chi connectivity index (χ0v) is 10.7. The SMILES string of the molecule is COC(=O)c1ccccc1[C@@H](N)C1CCC1.Cl. The van der Waals surface area contributed by atoms with Gasteiger partial charge in [-0.05, 0) is 30.4 Å². The minimum Gasteiger partial charge on any atom is -0.465 e. The molecule has 0 unspecified atom stereocenters. The highest BCUT2D eigenvalue weighted by molar-refractivity contribution is 5.91. The van der Waals surface area contributed by atoms with Crippen LogP contribution < -0.4 is 5.73 Å². The third-order valence-electron chi connectivity index (χ3n) is 3.38. The summed E-state index contributed by atoms with van der Waals surface area (Å²) >= 11 is 0. The maximum Gasteiger partial charge on any atom is 0.338 e. The lowest BCUT2D eigenvalue weighted by atomic mass is 9.77. The summed E-state index contributed by atoms with van der Waals surface area (Å²) < 4.78 is 4.76. The lowest BCUT2D eigenvalue weighted by Crippen LogP contribution is -2.28. The van der Waals surface area contributed by atoms with E-state index in [0.29, 0.717) is 11.5 Å². The van der Waals surface area contributed by atoms with Gasteiger partial charge in [0.2, 0.25) is 0 Å². The van der Waals surface area contributed by atoms with Crippen LogP contribution in [0.3, 0.4) is 0 Å². The highest BCUT2D eigenvalue weighted by Crippen LogP contribution is 2.37. The third kappa shape index (κ3) is 2.79. The van der Waals surface area contributed by atoms with Gasteiger partial charge in [0.25, 0.3) is 0 Å². The van der Waals surface area contributed by atoms with E-state index in [1.165, 1.54) is 13.5 Å². The molecule has 2 N–H and O–H groups in total. The van der Waals surface area contributed by atoms with Crippen molar-refractivity contribution in [3.63, 3.8) is 0 Å². The summed E-state index contributed by atoms with van der Waals surface area (Å²) in [5.74, 6) is 0.219. The zero-order chi connectivity index (χ0) is 11.5. The molecule has 4 heteroatoms. The Balaban J connectivity index is 0.00000144. The van der Waals surface area contributed by atoms with E-state index in [1.807, 2.05) is 18.2 Å². The number of rotatable bonds is 3. The standard InChI is InChI=1S/C13H17NO2.ClH/c1-16-13(15)11-8-3-2-7-10(11)12(14)9-5-4-6-9;/h2-3,7-9,12H,4-6,14H2,1H3;1H/t12-;/m0./s1. The normalized spacial score (nSPS) is 16.6. The molecule has 1 fully saturated rings. The molecule has 1 atom stereocenters. The van der Waals surface area contributed by atoms with Gasteiger partial charge in [-0.15, -0.1) is 12.4 Å². The number of nitrogens with two attached hydrogens (primary N) is 1. The van der Waals surface area contributed by atoms with Crippen molar-refractivity contribution in [2.75, 3.05) is 7.11 Å². The van der Waals surface area contributed by atoms with Gasteiger partial charge in [0, 0.05) is 6.04 Å². The Kier molecular flexibility index (Phi) is 4.97. The number of esters is 1. The minimum absolute atomic E-state index is 0. The summed E-state index contributed by atoms with van der Waals surface area (Å²) in [4.78, 5) is 11.6.